The van der Waals surface area contributed by atoms with Crippen LogP contribution in [0, 0.1) is 5.92 Å². The van der Waals surface area contributed by atoms with Crippen LogP contribution in [0.25, 0.3) is 0 Å². The molecule has 5 nitrogen and oxygen atoms in total. The first-order valence-electron chi connectivity index (χ1n) is 8.43. The Morgan fingerprint density at radius 3 is 2.87 bits per heavy atom. The number of rotatable bonds is 5. The number of guanidine groups is 1. The quantitative estimate of drug-likeness (QED) is 0.669. The number of likely N-dealkylation sites (tertiary alicyclic amines) is 1. The predicted octanol–water partition coefficient (Wildman–Crippen LogP) is 2.90. The molecule has 1 fully saturated rings. The second-order valence-electron chi connectivity index (χ2n) is 6.01. The summed E-state index contributed by atoms with van der Waals surface area (Å²) in [5, 5.41) is 3.46. The first-order chi connectivity index (χ1) is 11.2. The molecule has 0 bridgehead atoms. The third-order valence-corrected chi connectivity index (χ3v) is 4.15. The number of aliphatic imine (C=N–C) groups is 1. The molecule has 128 valence electrons. The highest BCUT2D eigenvalue weighted by molar-refractivity contribution is 5.80. The molecule has 23 heavy (non-hydrogen) atoms. The van der Waals surface area contributed by atoms with Crippen LogP contribution in [0.15, 0.2) is 23.2 Å². The fraction of sp³-hybridized carbons (Fsp3) is 0.611. The van der Waals surface area contributed by atoms with Crippen LogP contribution in [0.2, 0.25) is 0 Å². The molecule has 2 rings (SSSR count). The fourth-order valence-corrected chi connectivity index (χ4v) is 2.99. The van der Waals surface area contributed by atoms with Gasteiger partial charge in [-0.05, 0) is 43.4 Å². The Kier molecular flexibility index (Phi) is 6.56. The average molecular weight is 319 g/mol. The van der Waals surface area contributed by atoms with E-state index in [1.807, 2.05) is 26.1 Å². The van der Waals surface area contributed by atoms with Crippen molar-refractivity contribution in [2.24, 2.45) is 10.9 Å². The fourth-order valence-electron chi connectivity index (χ4n) is 2.99. The maximum atomic E-state index is 5.56. The molecule has 1 heterocycles. The van der Waals surface area contributed by atoms with E-state index in [2.05, 4.69) is 28.2 Å². The summed E-state index contributed by atoms with van der Waals surface area (Å²) in [5.41, 5.74) is 1.15. The molecule has 1 unspecified atom stereocenters. The summed E-state index contributed by atoms with van der Waals surface area (Å²) in [6.07, 6.45) is 2.54. The third-order valence-electron chi connectivity index (χ3n) is 4.15. The van der Waals surface area contributed by atoms with Crippen LogP contribution in [-0.2, 0) is 6.54 Å². The summed E-state index contributed by atoms with van der Waals surface area (Å²) in [6, 6.07) is 6.04. The molecule has 1 saturated heterocycles. The summed E-state index contributed by atoms with van der Waals surface area (Å²) in [5.74, 6) is 3.26. The first kappa shape index (κ1) is 17.4. The van der Waals surface area contributed by atoms with Crippen molar-refractivity contribution in [1.82, 2.24) is 10.2 Å². The molecule has 5 heteroatoms. The second-order valence-corrected chi connectivity index (χ2v) is 6.01. The van der Waals surface area contributed by atoms with E-state index < -0.39 is 0 Å². The molecule has 0 amide bonds. The standard InChI is InChI=1S/C18H29N3O2/c1-5-23-16-9-8-15(11-17(16)22-4)12-20-18(19-3)21-10-6-7-14(2)13-21/h8-9,11,14H,5-7,10,12-13H2,1-4H3,(H,19,20). The van der Waals surface area contributed by atoms with Crippen molar-refractivity contribution in [3.05, 3.63) is 23.8 Å². The van der Waals surface area contributed by atoms with E-state index in [1.165, 1.54) is 12.8 Å². The number of hydrogen-bond donors (Lipinski definition) is 1. The SMILES string of the molecule is CCOc1ccc(CNC(=NC)N2CCCC(C)C2)cc1OC. The maximum absolute atomic E-state index is 5.56. The molecule has 0 radical (unpaired) electrons. The maximum Gasteiger partial charge on any atom is 0.193 e. The van der Waals surface area contributed by atoms with E-state index in [0.717, 1.165) is 48.6 Å². The molecule has 0 aromatic heterocycles. The Bertz CT molecular complexity index is 531. The monoisotopic (exact) mass is 319 g/mol. The van der Waals surface area contributed by atoms with Crippen LogP contribution >= 0.6 is 0 Å². The van der Waals surface area contributed by atoms with E-state index in [0.29, 0.717) is 6.61 Å². The Labute approximate surface area is 139 Å². The molecule has 1 aliphatic heterocycles. The van der Waals surface area contributed by atoms with E-state index in [-0.39, 0.29) is 0 Å². The number of nitrogens with zero attached hydrogens (tertiary/aromatic N) is 2. The predicted molar refractivity (Wildman–Crippen MR) is 94.3 cm³/mol. The number of methoxy groups -OCH3 is 1. The minimum atomic E-state index is 0.633. The zero-order valence-electron chi connectivity index (χ0n) is 14.8. The van der Waals surface area contributed by atoms with Crippen molar-refractivity contribution in [1.29, 1.82) is 0 Å². The van der Waals surface area contributed by atoms with Crippen LogP contribution in [-0.4, -0.2) is 44.7 Å². The van der Waals surface area contributed by atoms with Crippen molar-refractivity contribution >= 4 is 5.96 Å². The van der Waals surface area contributed by atoms with Gasteiger partial charge in [-0.3, -0.25) is 4.99 Å². The molecular formula is C18H29N3O2. The molecule has 1 aromatic rings. The van der Waals surface area contributed by atoms with Gasteiger partial charge in [-0.2, -0.15) is 0 Å². The van der Waals surface area contributed by atoms with Gasteiger partial charge in [0, 0.05) is 26.7 Å². The Morgan fingerprint density at radius 1 is 1.39 bits per heavy atom. The number of nitrogens with one attached hydrogen (secondary N) is 1. The van der Waals surface area contributed by atoms with Gasteiger partial charge >= 0.3 is 0 Å². The average Bonchev–Trinajstić information content (AvgIpc) is 2.57. The third kappa shape index (κ3) is 4.78. The van der Waals surface area contributed by atoms with Gasteiger partial charge in [-0.1, -0.05) is 13.0 Å². The lowest BCUT2D eigenvalue weighted by Crippen LogP contribution is -2.45. The van der Waals surface area contributed by atoms with Gasteiger partial charge < -0.3 is 19.7 Å². The normalized spacial score (nSPS) is 18.7. The summed E-state index contributed by atoms with van der Waals surface area (Å²) in [6.45, 7) is 7.78. The van der Waals surface area contributed by atoms with Crippen LogP contribution < -0.4 is 14.8 Å². The summed E-state index contributed by atoms with van der Waals surface area (Å²) in [4.78, 5) is 6.77. The van der Waals surface area contributed by atoms with Gasteiger partial charge in [0.15, 0.2) is 17.5 Å². The molecule has 0 spiro atoms. The van der Waals surface area contributed by atoms with Crippen LogP contribution in [0.5, 0.6) is 11.5 Å². The molecule has 1 aromatic carbocycles. The van der Waals surface area contributed by atoms with E-state index in [1.54, 1.807) is 7.11 Å². The number of benzene rings is 1. The lowest BCUT2D eigenvalue weighted by atomic mass is 10.0. The van der Waals surface area contributed by atoms with E-state index in [9.17, 15) is 0 Å². The summed E-state index contributed by atoms with van der Waals surface area (Å²) >= 11 is 0. The van der Waals surface area contributed by atoms with Crippen molar-refractivity contribution in [2.45, 2.75) is 33.2 Å². The van der Waals surface area contributed by atoms with Gasteiger partial charge in [-0.25, -0.2) is 0 Å². The molecule has 1 aliphatic rings. The lowest BCUT2D eigenvalue weighted by Gasteiger charge is -2.33. The number of hydrogen-bond acceptors (Lipinski definition) is 3. The van der Waals surface area contributed by atoms with Gasteiger partial charge in [0.1, 0.15) is 0 Å². The number of ether oxygens (including phenoxy) is 2. The van der Waals surface area contributed by atoms with Crippen molar-refractivity contribution in [3.8, 4) is 11.5 Å². The zero-order chi connectivity index (χ0) is 16.7. The van der Waals surface area contributed by atoms with E-state index in [4.69, 9.17) is 9.47 Å². The van der Waals surface area contributed by atoms with Crippen molar-refractivity contribution in [3.63, 3.8) is 0 Å². The smallest absolute Gasteiger partial charge is 0.193 e. The largest absolute Gasteiger partial charge is 0.493 e. The highest BCUT2D eigenvalue weighted by Gasteiger charge is 2.19. The molecule has 0 aliphatic carbocycles. The van der Waals surface area contributed by atoms with Crippen molar-refractivity contribution < 1.29 is 9.47 Å². The van der Waals surface area contributed by atoms with Gasteiger partial charge in [0.2, 0.25) is 0 Å². The summed E-state index contributed by atoms with van der Waals surface area (Å²) in [7, 11) is 3.52. The Hall–Kier alpha value is -1.91. The van der Waals surface area contributed by atoms with Crippen LogP contribution in [0.1, 0.15) is 32.3 Å². The van der Waals surface area contributed by atoms with Crippen LogP contribution in [0.4, 0.5) is 0 Å². The van der Waals surface area contributed by atoms with Gasteiger partial charge in [-0.15, -0.1) is 0 Å². The number of piperidine rings is 1. The summed E-state index contributed by atoms with van der Waals surface area (Å²) < 4.78 is 11.0. The topological polar surface area (TPSA) is 46.1 Å². The van der Waals surface area contributed by atoms with Crippen molar-refractivity contribution in [2.75, 3.05) is 33.9 Å². The van der Waals surface area contributed by atoms with Gasteiger partial charge in [0.25, 0.3) is 0 Å². The highest BCUT2D eigenvalue weighted by Crippen LogP contribution is 2.28. The Balaban J connectivity index is 1.98. The lowest BCUT2D eigenvalue weighted by molar-refractivity contribution is 0.266. The highest BCUT2D eigenvalue weighted by atomic mass is 16.5. The van der Waals surface area contributed by atoms with Crippen LogP contribution in [0.3, 0.4) is 0 Å². The second kappa shape index (κ2) is 8.65. The zero-order valence-corrected chi connectivity index (χ0v) is 14.8. The molecule has 1 atom stereocenters. The minimum Gasteiger partial charge on any atom is -0.493 e. The molecule has 1 N–H and O–H groups in total. The van der Waals surface area contributed by atoms with E-state index >= 15 is 0 Å². The first-order valence-corrected chi connectivity index (χ1v) is 8.43. The molecular weight excluding hydrogens is 290 g/mol. The molecule has 0 saturated carbocycles. The Morgan fingerprint density at radius 2 is 2.22 bits per heavy atom. The van der Waals surface area contributed by atoms with Gasteiger partial charge in [0.05, 0.1) is 13.7 Å². The minimum absolute atomic E-state index is 0.633.